The summed E-state index contributed by atoms with van der Waals surface area (Å²) in [5.74, 6) is 0.885. The first-order valence-corrected chi connectivity index (χ1v) is 5.81. The molecule has 16 heavy (non-hydrogen) atoms. The second-order valence-corrected chi connectivity index (χ2v) is 4.26. The first kappa shape index (κ1) is 11.3. The molecule has 0 aromatic heterocycles. The van der Waals surface area contributed by atoms with Gasteiger partial charge in [-0.1, -0.05) is 0 Å². The van der Waals surface area contributed by atoms with E-state index in [0.717, 1.165) is 24.4 Å². The molecule has 0 aliphatic carbocycles. The Hall–Kier alpha value is -1.22. The molecule has 2 rings (SSSR count). The lowest BCUT2D eigenvalue weighted by Gasteiger charge is -2.13. The normalized spacial score (nSPS) is 24.4. The lowest BCUT2D eigenvalue weighted by Crippen LogP contribution is -2.19. The maximum atomic E-state index is 5.74. The second-order valence-electron chi connectivity index (χ2n) is 4.26. The van der Waals surface area contributed by atoms with E-state index in [1.165, 1.54) is 6.42 Å². The van der Waals surface area contributed by atoms with Crippen molar-refractivity contribution in [3.8, 4) is 5.75 Å². The summed E-state index contributed by atoms with van der Waals surface area (Å²) in [5.41, 5.74) is 1.11. The van der Waals surface area contributed by atoms with Crippen LogP contribution in [0.5, 0.6) is 5.75 Å². The molecule has 88 valence electrons. The zero-order chi connectivity index (χ0) is 11.4. The SMILES string of the molecule is COc1ccc(NCC2CCC(C)O2)cc1. The summed E-state index contributed by atoms with van der Waals surface area (Å²) in [6, 6.07) is 7.97. The van der Waals surface area contributed by atoms with Crippen molar-refractivity contribution in [3.05, 3.63) is 24.3 Å². The van der Waals surface area contributed by atoms with Gasteiger partial charge in [0.25, 0.3) is 0 Å². The van der Waals surface area contributed by atoms with E-state index in [-0.39, 0.29) is 0 Å². The lowest BCUT2D eigenvalue weighted by molar-refractivity contribution is 0.0637. The standard InChI is InChI=1S/C13H19NO2/c1-10-3-6-13(16-10)9-14-11-4-7-12(15-2)8-5-11/h4-5,7-8,10,13-14H,3,6,9H2,1-2H3. The van der Waals surface area contributed by atoms with Crippen LogP contribution in [0.4, 0.5) is 5.69 Å². The molecular formula is C13H19NO2. The molecule has 2 atom stereocenters. The molecule has 3 nitrogen and oxygen atoms in total. The smallest absolute Gasteiger partial charge is 0.119 e. The van der Waals surface area contributed by atoms with E-state index in [1.807, 2.05) is 24.3 Å². The monoisotopic (exact) mass is 221 g/mol. The van der Waals surface area contributed by atoms with Crippen LogP contribution in [0.15, 0.2) is 24.3 Å². The van der Waals surface area contributed by atoms with Crippen molar-refractivity contribution >= 4 is 5.69 Å². The van der Waals surface area contributed by atoms with Gasteiger partial charge in [0.1, 0.15) is 5.75 Å². The molecular weight excluding hydrogens is 202 g/mol. The highest BCUT2D eigenvalue weighted by Gasteiger charge is 2.20. The molecule has 3 heteroatoms. The van der Waals surface area contributed by atoms with Crippen LogP contribution >= 0.6 is 0 Å². The fourth-order valence-electron chi connectivity index (χ4n) is 1.98. The molecule has 1 aliphatic heterocycles. The number of ether oxygens (including phenoxy) is 2. The highest BCUT2D eigenvalue weighted by molar-refractivity contribution is 5.46. The summed E-state index contributed by atoms with van der Waals surface area (Å²) in [6.45, 7) is 3.02. The van der Waals surface area contributed by atoms with Gasteiger partial charge in [0.2, 0.25) is 0 Å². The number of anilines is 1. The third-order valence-corrected chi connectivity index (χ3v) is 2.94. The molecule has 0 radical (unpaired) electrons. The van der Waals surface area contributed by atoms with Crippen molar-refractivity contribution in [2.75, 3.05) is 19.0 Å². The maximum Gasteiger partial charge on any atom is 0.119 e. The number of rotatable bonds is 4. The molecule has 0 amide bonds. The van der Waals surface area contributed by atoms with Gasteiger partial charge in [-0.05, 0) is 44.0 Å². The Morgan fingerprint density at radius 1 is 1.31 bits per heavy atom. The number of hydrogen-bond donors (Lipinski definition) is 1. The Morgan fingerprint density at radius 2 is 2.06 bits per heavy atom. The van der Waals surface area contributed by atoms with E-state index in [2.05, 4.69) is 12.2 Å². The summed E-state index contributed by atoms with van der Waals surface area (Å²) < 4.78 is 10.8. The topological polar surface area (TPSA) is 30.5 Å². The molecule has 1 aromatic rings. The van der Waals surface area contributed by atoms with Crippen LogP contribution in [0, 0.1) is 0 Å². The van der Waals surface area contributed by atoms with E-state index in [1.54, 1.807) is 7.11 Å². The van der Waals surface area contributed by atoms with E-state index >= 15 is 0 Å². The van der Waals surface area contributed by atoms with Gasteiger partial charge in [-0.15, -0.1) is 0 Å². The zero-order valence-electron chi connectivity index (χ0n) is 9.90. The molecule has 1 heterocycles. The number of methoxy groups -OCH3 is 1. The predicted molar refractivity (Wildman–Crippen MR) is 65.1 cm³/mol. The first-order valence-electron chi connectivity index (χ1n) is 5.81. The van der Waals surface area contributed by atoms with Gasteiger partial charge in [0.05, 0.1) is 19.3 Å². The fraction of sp³-hybridized carbons (Fsp3) is 0.538. The van der Waals surface area contributed by atoms with Crippen molar-refractivity contribution in [2.45, 2.75) is 32.0 Å². The Balaban J connectivity index is 1.80. The van der Waals surface area contributed by atoms with Crippen molar-refractivity contribution in [1.82, 2.24) is 0 Å². The molecule has 0 spiro atoms. The van der Waals surface area contributed by atoms with E-state index < -0.39 is 0 Å². The quantitative estimate of drug-likeness (QED) is 0.848. The van der Waals surface area contributed by atoms with Crippen LogP contribution in [-0.4, -0.2) is 25.9 Å². The minimum Gasteiger partial charge on any atom is -0.497 e. The Bertz CT molecular complexity index is 323. The summed E-state index contributed by atoms with van der Waals surface area (Å²) in [6.07, 6.45) is 3.11. The Kier molecular flexibility index (Phi) is 3.67. The largest absolute Gasteiger partial charge is 0.497 e. The molecule has 1 fully saturated rings. The molecule has 0 bridgehead atoms. The van der Waals surface area contributed by atoms with Crippen molar-refractivity contribution in [1.29, 1.82) is 0 Å². The second kappa shape index (κ2) is 5.21. The lowest BCUT2D eigenvalue weighted by atomic mass is 10.2. The van der Waals surface area contributed by atoms with Crippen molar-refractivity contribution in [3.63, 3.8) is 0 Å². The number of nitrogens with one attached hydrogen (secondary N) is 1. The zero-order valence-corrected chi connectivity index (χ0v) is 9.90. The maximum absolute atomic E-state index is 5.74. The molecule has 0 saturated carbocycles. The van der Waals surface area contributed by atoms with Crippen LogP contribution in [0.2, 0.25) is 0 Å². The summed E-state index contributed by atoms with van der Waals surface area (Å²) in [7, 11) is 1.68. The van der Waals surface area contributed by atoms with Gasteiger partial charge in [0.15, 0.2) is 0 Å². The van der Waals surface area contributed by atoms with Crippen LogP contribution in [0.3, 0.4) is 0 Å². The van der Waals surface area contributed by atoms with E-state index in [0.29, 0.717) is 12.2 Å². The van der Waals surface area contributed by atoms with Crippen LogP contribution in [-0.2, 0) is 4.74 Å². The van der Waals surface area contributed by atoms with E-state index in [4.69, 9.17) is 9.47 Å². The third-order valence-electron chi connectivity index (χ3n) is 2.94. The molecule has 1 saturated heterocycles. The minimum atomic E-state index is 0.358. The molecule has 1 aromatic carbocycles. The van der Waals surface area contributed by atoms with Crippen LogP contribution in [0.1, 0.15) is 19.8 Å². The van der Waals surface area contributed by atoms with Gasteiger partial charge in [-0.25, -0.2) is 0 Å². The highest BCUT2D eigenvalue weighted by atomic mass is 16.5. The molecule has 2 unspecified atom stereocenters. The number of hydrogen-bond acceptors (Lipinski definition) is 3. The summed E-state index contributed by atoms with van der Waals surface area (Å²) >= 11 is 0. The third kappa shape index (κ3) is 2.89. The van der Waals surface area contributed by atoms with Gasteiger partial charge >= 0.3 is 0 Å². The first-order chi connectivity index (χ1) is 7.78. The average Bonchev–Trinajstić information content (AvgIpc) is 2.73. The predicted octanol–water partition coefficient (Wildman–Crippen LogP) is 2.67. The molecule has 1 N–H and O–H groups in total. The van der Waals surface area contributed by atoms with Crippen molar-refractivity contribution < 1.29 is 9.47 Å². The van der Waals surface area contributed by atoms with Gasteiger partial charge in [-0.2, -0.15) is 0 Å². The minimum absolute atomic E-state index is 0.358. The van der Waals surface area contributed by atoms with Gasteiger partial charge in [-0.3, -0.25) is 0 Å². The fourth-order valence-corrected chi connectivity index (χ4v) is 1.98. The molecule has 1 aliphatic rings. The van der Waals surface area contributed by atoms with Crippen LogP contribution < -0.4 is 10.1 Å². The number of benzene rings is 1. The van der Waals surface area contributed by atoms with Crippen molar-refractivity contribution in [2.24, 2.45) is 0 Å². The highest BCUT2D eigenvalue weighted by Crippen LogP contribution is 2.20. The van der Waals surface area contributed by atoms with E-state index in [9.17, 15) is 0 Å². The van der Waals surface area contributed by atoms with Gasteiger partial charge in [0, 0.05) is 12.2 Å². The summed E-state index contributed by atoms with van der Waals surface area (Å²) in [5, 5.41) is 3.38. The van der Waals surface area contributed by atoms with Gasteiger partial charge < -0.3 is 14.8 Å². The average molecular weight is 221 g/mol. The Morgan fingerprint density at radius 3 is 2.62 bits per heavy atom. The summed E-state index contributed by atoms with van der Waals surface area (Å²) in [4.78, 5) is 0. The van der Waals surface area contributed by atoms with Crippen LogP contribution in [0.25, 0.3) is 0 Å². The Labute approximate surface area is 96.8 Å².